The zero-order chi connectivity index (χ0) is 12.3. The van der Waals surface area contributed by atoms with Crippen LogP contribution in [0, 0.1) is 6.92 Å². The predicted molar refractivity (Wildman–Crippen MR) is 72.2 cm³/mol. The van der Waals surface area contributed by atoms with Gasteiger partial charge in [0.25, 0.3) is 0 Å². The molecule has 2 aromatic carbocycles. The molecule has 0 aliphatic heterocycles. The second kappa shape index (κ2) is 4.91. The lowest BCUT2D eigenvalue weighted by Crippen LogP contribution is -2.09. The molecule has 0 aliphatic carbocycles. The van der Waals surface area contributed by atoms with Crippen molar-refractivity contribution in [2.45, 2.75) is 6.92 Å². The molecular formula is C15H17NO. The Bertz CT molecular complexity index is 508. The van der Waals surface area contributed by atoms with Crippen molar-refractivity contribution in [1.82, 2.24) is 0 Å². The number of aryl methyl sites for hydroxylation is 1. The van der Waals surface area contributed by atoms with Gasteiger partial charge < -0.3 is 9.64 Å². The Kier molecular flexibility index (Phi) is 3.33. The highest BCUT2D eigenvalue weighted by atomic mass is 16.5. The van der Waals surface area contributed by atoms with E-state index in [2.05, 4.69) is 49.2 Å². The van der Waals surface area contributed by atoms with Crippen LogP contribution >= 0.6 is 0 Å². The molecule has 0 aliphatic rings. The summed E-state index contributed by atoms with van der Waals surface area (Å²) in [6.07, 6.45) is 0. The minimum absolute atomic E-state index is 0.877. The summed E-state index contributed by atoms with van der Waals surface area (Å²) in [5, 5.41) is 0. The molecule has 0 bridgehead atoms. The van der Waals surface area contributed by atoms with Gasteiger partial charge in [-0.1, -0.05) is 18.2 Å². The van der Waals surface area contributed by atoms with Crippen LogP contribution in [0.15, 0.2) is 48.5 Å². The van der Waals surface area contributed by atoms with Crippen molar-refractivity contribution in [2.24, 2.45) is 0 Å². The highest BCUT2D eigenvalue weighted by molar-refractivity contribution is 5.64. The van der Waals surface area contributed by atoms with Crippen LogP contribution in [0.2, 0.25) is 0 Å². The Hall–Kier alpha value is -1.96. The van der Waals surface area contributed by atoms with E-state index in [1.165, 1.54) is 11.3 Å². The molecule has 2 rings (SSSR count). The van der Waals surface area contributed by atoms with Crippen LogP contribution in [-0.2, 0) is 0 Å². The number of hydrogen-bond donors (Lipinski definition) is 0. The van der Waals surface area contributed by atoms with E-state index >= 15 is 0 Å². The van der Waals surface area contributed by atoms with E-state index in [0.29, 0.717) is 0 Å². The molecular weight excluding hydrogens is 210 g/mol. The van der Waals surface area contributed by atoms with Crippen molar-refractivity contribution in [3.05, 3.63) is 54.1 Å². The van der Waals surface area contributed by atoms with Crippen molar-refractivity contribution in [2.75, 3.05) is 19.1 Å². The first-order valence-electron chi connectivity index (χ1n) is 5.65. The normalized spacial score (nSPS) is 10.1. The molecule has 2 aromatic rings. The minimum atomic E-state index is 0.877. The molecule has 0 N–H and O–H groups in total. The molecule has 2 heteroatoms. The minimum Gasteiger partial charge on any atom is -0.497 e. The smallest absolute Gasteiger partial charge is 0.120 e. The molecule has 0 amide bonds. The summed E-state index contributed by atoms with van der Waals surface area (Å²) in [6.45, 7) is 2.10. The van der Waals surface area contributed by atoms with Crippen LogP contribution in [-0.4, -0.2) is 14.2 Å². The number of nitrogens with zero attached hydrogens (tertiary/aromatic N) is 1. The standard InChI is InChI=1S/C15H17NO/c1-12-6-4-7-13(10-12)16(2)14-8-5-9-15(11-14)17-3/h4-11H,1-3H3. The van der Waals surface area contributed by atoms with Gasteiger partial charge in [0, 0.05) is 24.5 Å². The first kappa shape index (κ1) is 11.5. The molecule has 0 saturated carbocycles. The topological polar surface area (TPSA) is 12.5 Å². The number of methoxy groups -OCH3 is 1. The summed E-state index contributed by atoms with van der Waals surface area (Å²) in [7, 11) is 3.75. The molecule has 0 fully saturated rings. The molecule has 0 radical (unpaired) electrons. The fraction of sp³-hybridized carbons (Fsp3) is 0.200. The van der Waals surface area contributed by atoms with Gasteiger partial charge in [0.05, 0.1) is 7.11 Å². The van der Waals surface area contributed by atoms with Gasteiger partial charge in [-0.15, -0.1) is 0 Å². The maximum Gasteiger partial charge on any atom is 0.120 e. The molecule has 17 heavy (non-hydrogen) atoms. The van der Waals surface area contributed by atoms with Gasteiger partial charge in [-0.3, -0.25) is 0 Å². The van der Waals surface area contributed by atoms with E-state index < -0.39 is 0 Å². The van der Waals surface area contributed by atoms with Gasteiger partial charge in [0.1, 0.15) is 5.75 Å². The Morgan fingerprint density at radius 2 is 1.59 bits per heavy atom. The molecule has 0 atom stereocenters. The average Bonchev–Trinajstić information content (AvgIpc) is 2.38. The van der Waals surface area contributed by atoms with E-state index in [-0.39, 0.29) is 0 Å². The highest BCUT2D eigenvalue weighted by Crippen LogP contribution is 2.26. The van der Waals surface area contributed by atoms with E-state index in [1.54, 1.807) is 7.11 Å². The lowest BCUT2D eigenvalue weighted by Gasteiger charge is -2.20. The van der Waals surface area contributed by atoms with Gasteiger partial charge in [-0.25, -0.2) is 0 Å². The summed E-state index contributed by atoms with van der Waals surface area (Å²) in [4.78, 5) is 2.15. The van der Waals surface area contributed by atoms with Crippen molar-refractivity contribution >= 4 is 11.4 Å². The van der Waals surface area contributed by atoms with Gasteiger partial charge in [-0.2, -0.15) is 0 Å². The molecule has 0 spiro atoms. The molecule has 88 valence electrons. The quantitative estimate of drug-likeness (QED) is 0.791. The molecule has 2 nitrogen and oxygen atoms in total. The van der Waals surface area contributed by atoms with Crippen LogP contribution in [0.3, 0.4) is 0 Å². The second-order valence-electron chi connectivity index (χ2n) is 4.10. The molecule has 0 saturated heterocycles. The number of anilines is 2. The Morgan fingerprint density at radius 3 is 2.24 bits per heavy atom. The largest absolute Gasteiger partial charge is 0.497 e. The number of ether oxygens (including phenoxy) is 1. The summed E-state index contributed by atoms with van der Waals surface area (Å²) in [6, 6.07) is 16.5. The van der Waals surface area contributed by atoms with Crippen molar-refractivity contribution in [3.63, 3.8) is 0 Å². The lowest BCUT2D eigenvalue weighted by molar-refractivity contribution is 0.415. The van der Waals surface area contributed by atoms with E-state index in [0.717, 1.165) is 11.4 Å². The molecule has 0 unspecified atom stereocenters. The maximum atomic E-state index is 5.24. The first-order chi connectivity index (χ1) is 8.20. The van der Waals surface area contributed by atoms with Crippen LogP contribution in [0.5, 0.6) is 5.75 Å². The fourth-order valence-corrected chi connectivity index (χ4v) is 1.80. The first-order valence-corrected chi connectivity index (χ1v) is 5.65. The molecule has 0 heterocycles. The van der Waals surface area contributed by atoms with Crippen molar-refractivity contribution in [3.8, 4) is 5.75 Å². The van der Waals surface area contributed by atoms with Gasteiger partial charge in [0.15, 0.2) is 0 Å². The van der Waals surface area contributed by atoms with Crippen molar-refractivity contribution in [1.29, 1.82) is 0 Å². The molecule has 0 aromatic heterocycles. The SMILES string of the molecule is COc1cccc(N(C)c2cccc(C)c2)c1. The zero-order valence-corrected chi connectivity index (χ0v) is 10.5. The van der Waals surface area contributed by atoms with Crippen LogP contribution in [0.25, 0.3) is 0 Å². The highest BCUT2D eigenvalue weighted by Gasteiger charge is 2.04. The Balaban J connectivity index is 2.33. The summed E-state index contributed by atoms with van der Waals surface area (Å²) >= 11 is 0. The third-order valence-electron chi connectivity index (χ3n) is 2.83. The van der Waals surface area contributed by atoms with Crippen molar-refractivity contribution < 1.29 is 4.74 Å². The maximum absolute atomic E-state index is 5.24. The second-order valence-corrected chi connectivity index (χ2v) is 4.10. The number of rotatable bonds is 3. The summed E-state index contributed by atoms with van der Waals surface area (Å²) in [5.41, 5.74) is 3.56. The van der Waals surface area contributed by atoms with Crippen LogP contribution in [0.4, 0.5) is 11.4 Å². The Morgan fingerprint density at radius 1 is 0.941 bits per heavy atom. The van der Waals surface area contributed by atoms with E-state index in [9.17, 15) is 0 Å². The number of hydrogen-bond acceptors (Lipinski definition) is 2. The summed E-state index contributed by atoms with van der Waals surface area (Å²) in [5.74, 6) is 0.877. The van der Waals surface area contributed by atoms with Crippen LogP contribution in [0.1, 0.15) is 5.56 Å². The predicted octanol–water partition coefficient (Wildman–Crippen LogP) is 3.77. The Labute approximate surface area is 102 Å². The average molecular weight is 227 g/mol. The van der Waals surface area contributed by atoms with Gasteiger partial charge >= 0.3 is 0 Å². The lowest BCUT2D eigenvalue weighted by atomic mass is 10.2. The third kappa shape index (κ3) is 2.59. The van der Waals surface area contributed by atoms with E-state index in [4.69, 9.17) is 4.74 Å². The monoisotopic (exact) mass is 227 g/mol. The summed E-state index contributed by atoms with van der Waals surface area (Å²) < 4.78 is 5.24. The zero-order valence-electron chi connectivity index (χ0n) is 10.5. The van der Waals surface area contributed by atoms with Gasteiger partial charge in [-0.05, 0) is 36.8 Å². The fourth-order valence-electron chi connectivity index (χ4n) is 1.80. The number of benzene rings is 2. The van der Waals surface area contributed by atoms with Gasteiger partial charge in [0.2, 0.25) is 0 Å². The van der Waals surface area contributed by atoms with Crippen LogP contribution < -0.4 is 9.64 Å². The van der Waals surface area contributed by atoms with E-state index in [1.807, 2.05) is 18.2 Å². The third-order valence-corrected chi connectivity index (χ3v) is 2.83.